The van der Waals surface area contributed by atoms with Crippen LogP contribution in [0.15, 0.2) is 6.20 Å². The van der Waals surface area contributed by atoms with Gasteiger partial charge in [0.05, 0.1) is 23.0 Å². The Kier molecular flexibility index (Phi) is 4.87. The lowest BCUT2D eigenvalue weighted by atomic mass is 9.74. The Bertz CT molecular complexity index is 388. The van der Waals surface area contributed by atoms with Crippen molar-refractivity contribution in [2.75, 3.05) is 0 Å². The van der Waals surface area contributed by atoms with E-state index in [2.05, 4.69) is 24.4 Å². The second kappa shape index (κ2) is 6.25. The predicted molar refractivity (Wildman–Crippen MR) is 78.6 cm³/mol. The summed E-state index contributed by atoms with van der Waals surface area (Å²) in [6, 6.07) is 0.105. The summed E-state index contributed by atoms with van der Waals surface area (Å²) in [7, 11) is 1.92. The number of nitrogens with one attached hydrogen (secondary N) is 1. The van der Waals surface area contributed by atoms with Crippen molar-refractivity contribution in [1.82, 2.24) is 15.2 Å². The van der Waals surface area contributed by atoms with Gasteiger partial charge in [-0.3, -0.25) is 16.0 Å². The maximum atomic E-state index is 6.24. The van der Waals surface area contributed by atoms with Gasteiger partial charge in [-0.2, -0.15) is 5.10 Å². The van der Waals surface area contributed by atoms with Crippen LogP contribution in [0.25, 0.3) is 0 Å². The molecule has 5 heteroatoms. The Morgan fingerprint density at radius 2 is 1.89 bits per heavy atom. The molecule has 4 nitrogen and oxygen atoms in total. The summed E-state index contributed by atoms with van der Waals surface area (Å²) >= 11 is 6.24. The van der Waals surface area contributed by atoms with Crippen LogP contribution in [0, 0.1) is 17.8 Å². The van der Waals surface area contributed by atoms with Crippen LogP contribution < -0.4 is 11.3 Å². The summed E-state index contributed by atoms with van der Waals surface area (Å²) in [6.07, 6.45) is 6.69. The highest BCUT2D eigenvalue weighted by atomic mass is 35.5. The van der Waals surface area contributed by atoms with Gasteiger partial charge in [0.1, 0.15) is 0 Å². The predicted octanol–water partition coefficient (Wildman–Crippen LogP) is 3.04. The van der Waals surface area contributed by atoms with E-state index in [-0.39, 0.29) is 6.04 Å². The number of hydrazine groups is 1. The minimum Gasteiger partial charge on any atom is -0.271 e. The van der Waals surface area contributed by atoms with E-state index in [9.17, 15) is 0 Å². The number of hydrogen-bond donors (Lipinski definition) is 2. The van der Waals surface area contributed by atoms with Gasteiger partial charge in [0, 0.05) is 7.05 Å². The normalized spacial score (nSPS) is 25.8. The molecule has 0 aromatic carbocycles. The monoisotopic (exact) mass is 284 g/mol. The van der Waals surface area contributed by atoms with Crippen LogP contribution >= 0.6 is 11.6 Å². The molecule has 3 N–H and O–H groups in total. The average molecular weight is 285 g/mol. The van der Waals surface area contributed by atoms with Crippen molar-refractivity contribution in [2.45, 2.75) is 45.6 Å². The van der Waals surface area contributed by atoms with E-state index >= 15 is 0 Å². The van der Waals surface area contributed by atoms with Crippen LogP contribution in [0.4, 0.5) is 0 Å². The molecule has 0 saturated heterocycles. The van der Waals surface area contributed by atoms with Crippen LogP contribution in [0.2, 0.25) is 5.02 Å². The smallest absolute Gasteiger partial charge is 0.0834 e. The highest BCUT2D eigenvalue weighted by Gasteiger charge is 2.31. The first-order chi connectivity index (χ1) is 9.04. The molecule has 1 heterocycles. The van der Waals surface area contributed by atoms with Crippen LogP contribution in [0.3, 0.4) is 0 Å². The molecule has 1 atom stereocenters. The third-order valence-electron chi connectivity index (χ3n) is 4.64. The van der Waals surface area contributed by atoms with Crippen molar-refractivity contribution in [1.29, 1.82) is 0 Å². The van der Waals surface area contributed by atoms with Gasteiger partial charge in [0.15, 0.2) is 0 Å². The molecule has 19 heavy (non-hydrogen) atoms. The topological polar surface area (TPSA) is 55.9 Å². The second-order valence-corrected chi connectivity index (χ2v) is 6.47. The molecule has 108 valence electrons. The largest absolute Gasteiger partial charge is 0.271 e. The number of nitrogens with two attached hydrogens (primary N) is 1. The zero-order valence-corrected chi connectivity index (χ0v) is 12.8. The number of aryl methyl sites for hydroxylation is 1. The summed E-state index contributed by atoms with van der Waals surface area (Å²) in [5.41, 5.74) is 3.97. The summed E-state index contributed by atoms with van der Waals surface area (Å²) in [5, 5.41) is 4.92. The Morgan fingerprint density at radius 3 is 2.32 bits per heavy atom. The van der Waals surface area contributed by atoms with E-state index in [1.165, 1.54) is 25.7 Å². The van der Waals surface area contributed by atoms with Crippen LogP contribution in [0.1, 0.15) is 51.3 Å². The molecular weight excluding hydrogens is 260 g/mol. The van der Waals surface area contributed by atoms with E-state index in [0.29, 0.717) is 10.9 Å². The number of nitrogens with zero attached hydrogens (tertiary/aromatic N) is 2. The van der Waals surface area contributed by atoms with Gasteiger partial charge in [-0.05, 0) is 43.4 Å². The van der Waals surface area contributed by atoms with Crippen LogP contribution in [-0.2, 0) is 7.05 Å². The zero-order valence-electron chi connectivity index (χ0n) is 12.1. The highest BCUT2D eigenvalue weighted by Crippen LogP contribution is 2.40. The molecule has 1 saturated carbocycles. The molecule has 1 aliphatic carbocycles. The van der Waals surface area contributed by atoms with E-state index in [4.69, 9.17) is 17.4 Å². The lowest BCUT2D eigenvalue weighted by Gasteiger charge is -2.35. The summed E-state index contributed by atoms with van der Waals surface area (Å²) in [6.45, 7) is 4.64. The van der Waals surface area contributed by atoms with Gasteiger partial charge in [-0.15, -0.1) is 0 Å². The lowest BCUT2D eigenvalue weighted by molar-refractivity contribution is 0.186. The second-order valence-electron chi connectivity index (χ2n) is 6.06. The standard InChI is InChI=1S/C14H25ClN4/c1-9(2)10-4-6-11(7-5-10)13(18-16)14-12(15)8-17-19(14)3/h8-11,13,18H,4-7,16H2,1-3H3. The Hall–Kier alpha value is -0.580. The number of hydrogen-bond acceptors (Lipinski definition) is 3. The number of rotatable bonds is 4. The minimum absolute atomic E-state index is 0.105. The van der Waals surface area contributed by atoms with Gasteiger partial charge in [0.25, 0.3) is 0 Å². The average Bonchev–Trinajstić information content (AvgIpc) is 2.72. The highest BCUT2D eigenvalue weighted by molar-refractivity contribution is 6.31. The molecule has 0 bridgehead atoms. The third-order valence-corrected chi connectivity index (χ3v) is 4.93. The molecule has 1 fully saturated rings. The quantitative estimate of drug-likeness (QED) is 0.660. The molecule has 1 unspecified atom stereocenters. The van der Waals surface area contributed by atoms with Crippen molar-refractivity contribution in [3.05, 3.63) is 16.9 Å². The minimum atomic E-state index is 0.105. The molecular formula is C14H25ClN4. The van der Waals surface area contributed by atoms with Crippen molar-refractivity contribution in [3.8, 4) is 0 Å². The molecule has 0 aliphatic heterocycles. The Balaban J connectivity index is 2.08. The number of halogens is 1. The van der Waals surface area contributed by atoms with E-state index in [1.54, 1.807) is 6.20 Å². The van der Waals surface area contributed by atoms with E-state index in [0.717, 1.165) is 17.5 Å². The maximum Gasteiger partial charge on any atom is 0.0834 e. The van der Waals surface area contributed by atoms with Crippen LogP contribution in [-0.4, -0.2) is 9.78 Å². The number of aromatic nitrogens is 2. The third kappa shape index (κ3) is 3.12. The molecule has 0 amide bonds. The molecule has 0 radical (unpaired) electrons. The first-order valence-corrected chi connectivity index (χ1v) is 7.56. The van der Waals surface area contributed by atoms with Gasteiger partial charge < -0.3 is 0 Å². The molecule has 2 rings (SSSR count). The molecule has 1 aliphatic rings. The van der Waals surface area contributed by atoms with E-state index in [1.807, 2.05) is 11.7 Å². The summed E-state index contributed by atoms with van der Waals surface area (Å²) in [5.74, 6) is 7.97. The first-order valence-electron chi connectivity index (χ1n) is 7.18. The van der Waals surface area contributed by atoms with Crippen molar-refractivity contribution in [3.63, 3.8) is 0 Å². The van der Waals surface area contributed by atoms with Gasteiger partial charge in [-0.1, -0.05) is 25.4 Å². The Morgan fingerprint density at radius 1 is 1.32 bits per heavy atom. The summed E-state index contributed by atoms with van der Waals surface area (Å²) in [4.78, 5) is 0. The molecule has 1 aromatic rings. The first kappa shape index (κ1) is 14.8. The van der Waals surface area contributed by atoms with Gasteiger partial charge in [0.2, 0.25) is 0 Å². The maximum absolute atomic E-state index is 6.24. The van der Waals surface area contributed by atoms with Gasteiger partial charge >= 0.3 is 0 Å². The zero-order chi connectivity index (χ0) is 14.0. The van der Waals surface area contributed by atoms with Crippen molar-refractivity contribution < 1.29 is 0 Å². The van der Waals surface area contributed by atoms with E-state index < -0.39 is 0 Å². The van der Waals surface area contributed by atoms with Crippen molar-refractivity contribution >= 4 is 11.6 Å². The lowest BCUT2D eigenvalue weighted by Crippen LogP contribution is -2.37. The fourth-order valence-corrected chi connectivity index (χ4v) is 3.64. The van der Waals surface area contributed by atoms with Crippen molar-refractivity contribution in [2.24, 2.45) is 30.6 Å². The summed E-state index contributed by atoms with van der Waals surface area (Å²) < 4.78 is 1.83. The Labute approximate surface area is 120 Å². The fourth-order valence-electron chi connectivity index (χ4n) is 3.35. The molecule has 1 aromatic heterocycles. The van der Waals surface area contributed by atoms with Crippen LogP contribution in [0.5, 0.6) is 0 Å². The molecule has 0 spiro atoms. The SMILES string of the molecule is CC(C)C1CCC(C(NN)c2c(Cl)cnn2C)CC1. The fraction of sp³-hybridized carbons (Fsp3) is 0.786. The van der Waals surface area contributed by atoms with Gasteiger partial charge in [-0.25, -0.2) is 0 Å².